The van der Waals surface area contributed by atoms with Crippen LogP contribution in [0.4, 0.5) is 19.0 Å². The zero-order chi connectivity index (χ0) is 19.8. The summed E-state index contributed by atoms with van der Waals surface area (Å²) in [4.78, 5) is 0. The molecule has 2 heterocycles. The summed E-state index contributed by atoms with van der Waals surface area (Å²) < 4.78 is 42.9. The van der Waals surface area contributed by atoms with E-state index in [1.165, 1.54) is 18.2 Å². The molecule has 1 N–H and O–H groups in total. The zero-order valence-electron chi connectivity index (χ0n) is 15.4. The molecular weight excluding hydrogens is 359 g/mol. The van der Waals surface area contributed by atoms with Crippen molar-refractivity contribution in [3.05, 3.63) is 47.8 Å². The van der Waals surface area contributed by atoms with Crippen LogP contribution >= 0.6 is 0 Å². The molecule has 1 unspecified atom stereocenters. The van der Waals surface area contributed by atoms with Crippen LogP contribution in [-0.2, 0) is 5.41 Å². The number of halogens is 3. The van der Waals surface area contributed by atoms with E-state index in [1.807, 2.05) is 27.7 Å². The van der Waals surface area contributed by atoms with Gasteiger partial charge in [-0.1, -0.05) is 32.9 Å². The highest BCUT2D eigenvalue weighted by molar-refractivity contribution is 5.46. The summed E-state index contributed by atoms with van der Waals surface area (Å²) in [6.45, 7) is 7.87. The maximum absolute atomic E-state index is 12.4. The number of benzene rings is 1. The van der Waals surface area contributed by atoms with Gasteiger partial charge < -0.3 is 10.1 Å². The van der Waals surface area contributed by atoms with Gasteiger partial charge in [-0.3, -0.25) is 0 Å². The molecule has 2 aromatic heterocycles. The smallest absolute Gasteiger partial charge is 0.406 e. The number of rotatable bonds is 4. The molecule has 144 valence electrons. The van der Waals surface area contributed by atoms with Crippen molar-refractivity contribution >= 4 is 11.5 Å². The van der Waals surface area contributed by atoms with E-state index in [4.69, 9.17) is 0 Å². The number of ether oxygens (including phenoxy) is 1. The van der Waals surface area contributed by atoms with E-state index in [2.05, 4.69) is 25.3 Å². The third-order valence-electron chi connectivity index (χ3n) is 3.89. The van der Waals surface area contributed by atoms with Gasteiger partial charge in [0.1, 0.15) is 11.6 Å². The van der Waals surface area contributed by atoms with Crippen LogP contribution in [0.1, 0.15) is 45.1 Å². The minimum absolute atomic E-state index is 0.236. The Bertz CT molecular complexity index is 946. The summed E-state index contributed by atoms with van der Waals surface area (Å²) in [5, 5.41) is 16.0. The van der Waals surface area contributed by atoms with Crippen LogP contribution in [0.5, 0.6) is 5.75 Å². The Balaban J connectivity index is 1.84. The molecule has 9 heteroatoms. The largest absolute Gasteiger partial charge is 0.573 e. The average Bonchev–Trinajstić information content (AvgIpc) is 2.97. The molecule has 0 bridgehead atoms. The number of alkyl halides is 3. The molecule has 0 spiro atoms. The molecule has 0 aliphatic heterocycles. The van der Waals surface area contributed by atoms with Crippen molar-refractivity contribution in [2.75, 3.05) is 5.32 Å². The molecule has 0 saturated heterocycles. The van der Waals surface area contributed by atoms with Gasteiger partial charge in [-0.2, -0.15) is 4.52 Å². The lowest BCUT2D eigenvalue weighted by molar-refractivity contribution is -0.274. The second-order valence-electron chi connectivity index (χ2n) is 7.25. The monoisotopic (exact) mass is 379 g/mol. The van der Waals surface area contributed by atoms with E-state index < -0.39 is 6.36 Å². The fraction of sp³-hybridized carbons (Fsp3) is 0.389. The van der Waals surface area contributed by atoms with Crippen molar-refractivity contribution in [1.29, 1.82) is 0 Å². The number of aromatic nitrogens is 4. The van der Waals surface area contributed by atoms with Crippen LogP contribution in [0, 0.1) is 0 Å². The maximum atomic E-state index is 12.4. The quantitative estimate of drug-likeness (QED) is 0.723. The third-order valence-corrected chi connectivity index (χ3v) is 3.89. The molecule has 3 aromatic rings. The molecule has 6 nitrogen and oxygen atoms in total. The molecule has 0 aliphatic carbocycles. The van der Waals surface area contributed by atoms with Crippen LogP contribution < -0.4 is 10.1 Å². The summed E-state index contributed by atoms with van der Waals surface area (Å²) in [5.41, 5.74) is 1.03. The van der Waals surface area contributed by atoms with Gasteiger partial charge >= 0.3 is 6.36 Å². The van der Waals surface area contributed by atoms with Crippen molar-refractivity contribution in [2.24, 2.45) is 0 Å². The molecule has 0 amide bonds. The Morgan fingerprint density at radius 3 is 2.48 bits per heavy atom. The summed E-state index contributed by atoms with van der Waals surface area (Å²) in [7, 11) is 0. The molecule has 27 heavy (non-hydrogen) atoms. The van der Waals surface area contributed by atoms with E-state index in [0.29, 0.717) is 17.0 Å². The van der Waals surface area contributed by atoms with Gasteiger partial charge in [-0.25, -0.2) is 0 Å². The summed E-state index contributed by atoms with van der Waals surface area (Å²) in [6, 6.07) is 9.10. The van der Waals surface area contributed by atoms with Gasteiger partial charge in [0.05, 0.1) is 6.04 Å². The summed E-state index contributed by atoms with van der Waals surface area (Å²) in [5.74, 6) is 1.02. The van der Waals surface area contributed by atoms with Crippen molar-refractivity contribution in [2.45, 2.75) is 45.5 Å². The molecule has 3 rings (SSSR count). The van der Waals surface area contributed by atoms with Crippen molar-refractivity contribution in [1.82, 2.24) is 19.8 Å². The zero-order valence-corrected chi connectivity index (χ0v) is 15.4. The molecule has 0 radical (unpaired) electrons. The predicted molar refractivity (Wildman–Crippen MR) is 94.6 cm³/mol. The fourth-order valence-corrected chi connectivity index (χ4v) is 2.62. The SMILES string of the molecule is CC(Nc1ccc2nnc(C(C)(C)C)n2n1)c1cccc(OC(F)(F)F)c1. The highest BCUT2D eigenvalue weighted by Crippen LogP contribution is 2.27. The Morgan fingerprint density at radius 2 is 1.81 bits per heavy atom. The van der Waals surface area contributed by atoms with Crippen molar-refractivity contribution in [3.8, 4) is 5.75 Å². The highest BCUT2D eigenvalue weighted by atomic mass is 19.4. The number of hydrogen-bond donors (Lipinski definition) is 1. The number of fused-ring (bicyclic) bond motifs is 1. The topological polar surface area (TPSA) is 64.3 Å². The van der Waals surface area contributed by atoms with Gasteiger partial charge in [-0.05, 0) is 36.8 Å². The van der Waals surface area contributed by atoms with E-state index in [-0.39, 0.29) is 17.2 Å². The lowest BCUT2D eigenvalue weighted by Gasteiger charge is -2.18. The predicted octanol–water partition coefficient (Wildman–Crippen LogP) is 4.49. The van der Waals surface area contributed by atoms with Gasteiger partial charge in [0.25, 0.3) is 0 Å². The van der Waals surface area contributed by atoms with Gasteiger partial charge in [0.15, 0.2) is 11.5 Å². The number of anilines is 1. The van der Waals surface area contributed by atoms with E-state index in [0.717, 1.165) is 5.82 Å². The standard InChI is InChI=1S/C18H20F3N5O/c1-11(12-6-5-7-13(10-12)27-18(19,20)21)22-14-8-9-15-23-24-16(17(2,3)4)26(15)25-14/h5-11H,1-4H3,(H,22,25). The number of nitrogens with zero attached hydrogens (tertiary/aromatic N) is 4. The summed E-state index contributed by atoms with van der Waals surface area (Å²) in [6.07, 6.45) is -4.72. The Hall–Kier alpha value is -2.84. The number of nitrogens with one attached hydrogen (secondary N) is 1. The van der Waals surface area contributed by atoms with Crippen LogP contribution in [-0.4, -0.2) is 26.2 Å². The first-order valence-electron chi connectivity index (χ1n) is 8.38. The lowest BCUT2D eigenvalue weighted by atomic mass is 9.96. The van der Waals surface area contributed by atoms with E-state index in [1.54, 1.807) is 22.7 Å². The second kappa shape index (κ2) is 6.71. The molecule has 0 fully saturated rings. The third kappa shape index (κ3) is 4.47. The van der Waals surface area contributed by atoms with Gasteiger partial charge in [-0.15, -0.1) is 28.5 Å². The van der Waals surface area contributed by atoms with Gasteiger partial charge in [0.2, 0.25) is 0 Å². The van der Waals surface area contributed by atoms with Crippen LogP contribution in [0.2, 0.25) is 0 Å². The first-order valence-corrected chi connectivity index (χ1v) is 8.38. The first-order chi connectivity index (χ1) is 12.5. The maximum Gasteiger partial charge on any atom is 0.573 e. The van der Waals surface area contributed by atoms with Gasteiger partial charge in [0, 0.05) is 5.41 Å². The molecular formula is C18H20F3N5O. The van der Waals surface area contributed by atoms with Crippen LogP contribution in [0.25, 0.3) is 5.65 Å². The molecule has 0 aliphatic rings. The minimum Gasteiger partial charge on any atom is -0.406 e. The summed E-state index contributed by atoms with van der Waals surface area (Å²) >= 11 is 0. The second-order valence-corrected chi connectivity index (χ2v) is 7.25. The average molecular weight is 379 g/mol. The molecule has 0 saturated carbocycles. The van der Waals surface area contributed by atoms with Crippen molar-refractivity contribution < 1.29 is 17.9 Å². The van der Waals surface area contributed by atoms with E-state index in [9.17, 15) is 13.2 Å². The Morgan fingerprint density at radius 1 is 1.07 bits per heavy atom. The van der Waals surface area contributed by atoms with E-state index >= 15 is 0 Å². The van der Waals surface area contributed by atoms with Crippen molar-refractivity contribution in [3.63, 3.8) is 0 Å². The number of hydrogen-bond acceptors (Lipinski definition) is 5. The molecule has 1 atom stereocenters. The van der Waals surface area contributed by atoms with Crippen LogP contribution in [0.3, 0.4) is 0 Å². The lowest BCUT2D eigenvalue weighted by Crippen LogP contribution is -2.18. The first kappa shape index (κ1) is 18.9. The Labute approximate surface area is 154 Å². The fourth-order valence-electron chi connectivity index (χ4n) is 2.62. The minimum atomic E-state index is -4.72. The normalized spacial score (nSPS) is 13.6. The molecule has 1 aromatic carbocycles. The highest BCUT2D eigenvalue weighted by Gasteiger charge is 2.31. The van der Waals surface area contributed by atoms with Crippen LogP contribution in [0.15, 0.2) is 36.4 Å². The Kier molecular flexibility index (Phi) is 4.71.